The Bertz CT molecular complexity index is 241. The zero-order valence-corrected chi connectivity index (χ0v) is 7.40. The van der Waals surface area contributed by atoms with E-state index in [1.54, 1.807) is 0 Å². The second-order valence-electron chi connectivity index (χ2n) is 3.35. The lowest BCUT2D eigenvalue weighted by Crippen LogP contribution is -2.38. The zero-order chi connectivity index (χ0) is 8.39. The molecule has 2 nitrogen and oxygen atoms in total. The summed E-state index contributed by atoms with van der Waals surface area (Å²) in [4.78, 5) is 6.59. The molecule has 1 aliphatic heterocycles. The number of hydrogen-bond donors (Lipinski definition) is 0. The first-order valence-corrected chi connectivity index (χ1v) is 4.52. The van der Waals surface area contributed by atoms with E-state index in [2.05, 4.69) is 22.9 Å². The lowest BCUT2D eigenvalue weighted by atomic mass is 10.1. The molecule has 2 heterocycles. The Morgan fingerprint density at radius 1 is 1.50 bits per heavy atom. The van der Waals surface area contributed by atoms with Gasteiger partial charge in [0.05, 0.1) is 0 Å². The molecule has 0 bridgehead atoms. The van der Waals surface area contributed by atoms with Crippen molar-refractivity contribution in [2.24, 2.45) is 0 Å². The van der Waals surface area contributed by atoms with Crippen LogP contribution in [-0.4, -0.2) is 23.0 Å². The van der Waals surface area contributed by atoms with Gasteiger partial charge in [0.1, 0.15) is 0 Å². The first-order valence-electron chi connectivity index (χ1n) is 4.52. The fourth-order valence-electron chi connectivity index (χ4n) is 1.56. The summed E-state index contributed by atoms with van der Waals surface area (Å²) in [6.45, 7) is 4.74. The van der Waals surface area contributed by atoms with Crippen molar-refractivity contribution in [3.05, 3.63) is 30.1 Å². The highest BCUT2D eigenvalue weighted by atomic mass is 15.2. The number of hydrogen-bond acceptors (Lipinski definition) is 2. The lowest BCUT2D eigenvalue weighted by Gasteiger charge is -2.36. The van der Waals surface area contributed by atoms with E-state index in [0.717, 1.165) is 0 Å². The Hall–Kier alpha value is -0.890. The summed E-state index contributed by atoms with van der Waals surface area (Å²) < 4.78 is 0. The lowest BCUT2D eigenvalue weighted by molar-refractivity contribution is 0.128. The van der Waals surface area contributed by atoms with Crippen LogP contribution in [0.2, 0.25) is 0 Å². The first kappa shape index (κ1) is 7.74. The van der Waals surface area contributed by atoms with Crippen LogP contribution >= 0.6 is 0 Å². The molecule has 64 valence electrons. The van der Waals surface area contributed by atoms with Gasteiger partial charge in [-0.15, -0.1) is 0 Å². The monoisotopic (exact) mass is 162 g/mol. The molecule has 0 aromatic carbocycles. The maximum absolute atomic E-state index is 4.12. The molecule has 1 unspecified atom stereocenters. The minimum Gasteiger partial charge on any atom is -0.296 e. The van der Waals surface area contributed by atoms with Crippen LogP contribution in [0.15, 0.2) is 24.5 Å². The van der Waals surface area contributed by atoms with E-state index in [0.29, 0.717) is 6.04 Å². The summed E-state index contributed by atoms with van der Waals surface area (Å²) in [5.41, 5.74) is 1.33. The molecule has 1 aromatic rings. The van der Waals surface area contributed by atoms with E-state index >= 15 is 0 Å². The standard InChI is InChI=1S/C10H14N2/c1-9(12-6-3-7-12)10-4-2-5-11-8-10/h2,4-5,8-9H,3,6-7H2,1H3. The Kier molecular flexibility index (Phi) is 2.09. The fourth-order valence-corrected chi connectivity index (χ4v) is 1.56. The summed E-state index contributed by atoms with van der Waals surface area (Å²) in [7, 11) is 0. The van der Waals surface area contributed by atoms with Crippen molar-refractivity contribution in [1.82, 2.24) is 9.88 Å². The van der Waals surface area contributed by atoms with Gasteiger partial charge in [-0.2, -0.15) is 0 Å². The summed E-state index contributed by atoms with van der Waals surface area (Å²) in [5.74, 6) is 0. The van der Waals surface area contributed by atoms with Crippen LogP contribution in [0.1, 0.15) is 24.9 Å². The van der Waals surface area contributed by atoms with Crippen molar-refractivity contribution in [2.75, 3.05) is 13.1 Å². The molecule has 12 heavy (non-hydrogen) atoms. The Morgan fingerprint density at radius 2 is 2.33 bits per heavy atom. The van der Waals surface area contributed by atoms with Crippen molar-refractivity contribution in [2.45, 2.75) is 19.4 Å². The van der Waals surface area contributed by atoms with Crippen molar-refractivity contribution in [1.29, 1.82) is 0 Å². The van der Waals surface area contributed by atoms with Crippen molar-refractivity contribution < 1.29 is 0 Å². The molecule has 2 heteroatoms. The quantitative estimate of drug-likeness (QED) is 0.659. The molecule has 1 atom stereocenters. The van der Waals surface area contributed by atoms with Gasteiger partial charge in [0.2, 0.25) is 0 Å². The second kappa shape index (κ2) is 3.23. The molecule has 0 spiro atoms. The van der Waals surface area contributed by atoms with Gasteiger partial charge >= 0.3 is 0 Å². The second-order valence-corrected chi connectivity index (χ2v) is 3.35. The van der Waals surface area contributed by atoms with E-state index in [4.69, 9.17) is 0 Å². The topological polar surface area (TPSA) is 16.1 Å². The van der Waals surface area contributed by atoms with E-state index in [1.807, 2.05) is 18.5 Å². The SMILES string of the molecule is CC(c1cccnc1)N1CCC1. The minimum atomic E-state index is 0.549. The van der Waals surface area contributed by atoms with E-state index in [-0.39, 0.29) is 0 Å². The highest BCUT2D eigenvalue weighted by Gasteiger charge is 2.20. The molecule has 1 aromatic heterocycles. The molecule has 0 saturated carbocycles. The van der Waals surface area contributed by atoms with Crippen LogP contribution in [0.3, 0.4) is 0 Å². The molecule has 2 rings (SSSR count). The number of pyridine rings is 1. The van der Waals surface area contributed by atoms with Gasteiger partial charge in [-0.3, -0.25) is 9.88 Å². The molecule has 1 saturated heterocycles. The highest BCUT2D eigenvalue weighted by molar-refractivity contribution is 5.13. The van der Waals surface area contributed by atoms with Crippen LogP contribution < -0.4 is 0 Å². The van der Waals surface area contributed by atoms with E-state index in [1.165, 1.54) is 25.1 Å². The minimum absolute atomic E-state index is 0.549. The van der Waals surface area contributed by atoms with E-state index < -0.39 is 0 Å². The van der Waals surface area contributed by atoms with Crippen LogP contribution in [0, 0.1) is 0 Å². The number of rotatable bonds is 2. The third-order valence-electron chi connectivity index (χ3n) is 2.61. The highest BCUT2D eigenvalue weighted by Crippen LogP contribution is 2.23. The normalized spacial score (nSPS) is 20.1. The van der Waals surface area contributed by atoms with Crippen LogP contribution in [0.4, 0.5) is 0 Å². The Balaban J connectivity index is 2.08. The van der Waals surface area contributed by atoms with Gasteiger partial charge in [-0.1, -0.05) is 6.07 Å². The van der Waals surface area contributed by atoms with Crippen molar-refractivity contribution in [3.63, 3.8) is 0 Å². The molecule has 1 fully saturated rings. The zero-order valence-electron chi connectivity index (χ0n) is 7.40. The van der Waals surface area contributed by atoms with Crippen LogP contribution in [0.25, 0.3) is 0 Å². The fraction of sp³-hybridized carbons (Fsp3) is 0.500. The first-order chi connectivity index (χ1) is 5.88. The average Bonchev–Trinajstić information content (AvgIpc) is 2.03. The number of nitrogens with zero attached hydrogens (tertiary/aromatic N) is 2. The summed E-state index contributed by atoms with van der Waals surface area (Å²) in [5, 5.41) is 0. The van der Waals surface area contributed by atoms with Crippen LogP contribution in [-0.2, 0) is 0 Å². The molecular weight excluding hydrogens is 148 g/mol. The number of likely N-dealkylation sites (tertiary alicyclic amines) is 1. The average molecular weight is 162 g/mol. The third-order valence-corrected chi connectivity index (χ3v) is 2.61. The summed E-state index contributed by atoms with van der Waals surface area (Å²) in [6, 6.07) is 4.70. The van der Waals surface area contributed by atoms with Crippen molar-refractivity contribution in [3.8, 4) is 0 Å². The molecule has 0 radical (unpaired) electrons. The van der Waals surface area contributed by atoms with Gasteiger partial charge in [-0.05, 0) is 38.1 Å². The van der Waals surface area contributed by atoms with Crippen LogP contribution in [0.5, 0.6) is 0 Å². The van der Waals surface area contributed by atoms with Gasteiger partial charge in [-0.25, -0.2) is 0 Å². The Labute approximate surface area is 73.2 Å². The van der Waals surface area contributed by atoms with Gasteiger partial charge in [0.25, 0.3) is 0 Å². The van der Waals surface area contributed by atoms with Gasteiger partial charge in [0.15, 0.2) is 0 Å². The molecular formula is C10H14N2. The molecule has 0 aliphatic carbocycles. The molecule has 1 aliphatic rings. The number of aromatic nitrogens is 1. The van der Waals surface area contributed by atoms with E-state index in [9.17, 15) is 0 Å². The molecule has 0 N–H and O–H groups in total. The smallest absolute Gasteiger partial charge is 0.0335 e. The molecule has 0 amide bonds. The summed E-state index contributed by atoms with van der Waals surface area (Å²) >= 11 is 0. The predicted molar refractivity (Wildman–Crippen MR) is 48.8 cm³/mol. The predicted octanol–water partition coefficient (Wildman–Crippen LogP) is 1.85. The maximum Gasteiger partial charge on any atom is 0.0335 e. The van der Waals surface area contributed by atoms with Gasteiger partial charge < -0.3 is 0 Å². The Morgan fingerprint density at radius 3 is 2.83 bits per heavy atom. The summed E-state index contributed by atoms with van der Waals surface area (Å²) in [6.07, 6.45) is 5.14. The third kappa shape index (κ3) is 1.34. The van der Waals surface area contributed by atoms with Crippen molar-refractivity contribution >= 4 is 0 Å². The largest absolute Gasteiger partial charge is 0.296 e. The van der Waals surface area contributed by atoms with Gasteiger partial charge in [0, 0.05) is 18.4 Å². The maximum atomic E-state index is 4.12.